The van der Waals surface area contributed by atoms with Crippen molar-refractivity contribution in [3.05, 3.63) is 39.8 Å². The molecule has 1 heterocycles. The van der Waals surface area contributed by atoms with Crippen molar-refractivity contribution >= 4 is 17.2 Å². The predicted molar refractivity (Wildman–Crippen MR) is 75.2 cm³/mol. The van der Waals surface area contributed by atoms with E-state index in [0.29, 0.717) is 11.5 Å². The summed E-state index contributed by atoms with van der Waals surface area (Å²) in [6.45, 7) is 2.19. The number of aromatic nitrogens is 1. The SMILES string of the molecule is COc1cccc(OCc2nc(C)c(C(=N)N)s2)c1. The molecule has 5 nitrogen and oxygen atoms in total. The molecule has 0 aliphatic carbocycles. The van der Waals surface area contributed by atoms with Crippen molar-refractivity contribution in [3.63, 3.8) is 0 Å². The van der Waals surface area contributed by atoms with Gasteiger partial charge in [-0.2, -0.15) is 0 Å². The lowest BCUT2D eigenvalue weighted by atomic mass is 10.3. The Balaban J connectivity index is 2.06. The summed E-state index contributed by atoms with van der Waals surface area (Å²) in [6, 6.07) is 7.39. The highest BCUT2D eigenvalue weighted by Gasteiger charge is 2.10. The Morgan fingerprint density at radius 2 is 2.16 bits per heavy atom. The number of ether oxygens (including phenoxy) is 2. The van der Waals surface area contributed by atoms with Gasteiger partial charge in [0, 0.05) is 6.07 Å². The molecule has 3 N–H and O–H groups in total. The number of thiazole rings is 1. The molecule has 0 unspecified atom stereocenters. The second-order valence-electron chi connectivity index (χ2n) is 3.90. The molecule has 1 aromatic heterocycles. The maximum atomic E-state index is 7.43. The van der Waals surface area contributed by atoms with Gasteiger partial charge >= 0.3 is 0 Å². The Labute approximate surface area is 115 Å². The van der Waals surface area contributed by atoms with Crippen molar-refractivity contribution in [2.24, 2.45) is 5.73 Å². The minimum Gasteiger partial charge on any atom is -0.497 e. The molecule has 1 aromatic carbocycles. The summed E-state index contributed by atoms with van der Waals surface area (Å²) in [5, 5.41) is 8.23. The van der Waals surface area contributed by atoms with Gasteiger partial charge < -0.3 is 15.2 Å². The van der Waals surface area contributed by atoms with Crippen LogP contribution in [0.25, 0.3) is 0 Å². The number of hydrogen-bond acceptors (Lipinski definition) is 5. The number of nitrogens with zero attached hydrogens (tertiary/aromatic N) is 1. The quantitative estimate of drug-likeness (QED) is 0.649. The summed E-state index contributed by atoms with van der Waals surface area (Å²) in [4.78, 5) is 5.03. The Hall–Kier alpha value is -2.08. The van der Waals surface area contributed by atoms with Crippen molar-refractivity contribution in [3.8, 4) is 11.5 Å². The first-order valence-corrected chi connectivity index (χ1v) is 6.49. The van der Waals surface area contributed by atoms with Crippen molar-refractivity contribution in [2.75, 3.05) is 7.11 Å². The molecular weight excluding hydrogens is 262 g/mol. The number of nitrogens with two attached hydrogens (primary N) is 1. The smallest absolute Gasteiger partial charge is 0.140 e. The number of nitrogens with one attached hydrogen (secondary N) is 1. The fourth-order valence-electron chi connectivity index (χ4n) is 1.60. The van der Waals surface area contributed by atoms with Gasteiger partial charge in [-0.05, 0) is 19.1 Å². The number of aryl methyl sites for hydroxylation is 1. The van der Waals surface area contributed by atoms with Gasteiger partial charge in [0.1, 0.15) is 28.9 Å². The van der Waals surface area contributed by atoms with E-state index in [-0.39, 0.29) is 5.84 Å². The second kappa shape index (κ2) is 5.71. The average Bonchev–Trinajstić information content (AvgIpc) is 2.78. The number of methoxy groups -OCH3 is 1. The molecule has 0 saturated carbocycles. The van der Waals surface area contributed by atoms with Crippen molar-refractivity contribution < 1.29 is 9.47 Å². The summed E-state index contributed by atoms with van der Waals surface area (Å²) in [5.41, 5.74) is 6.23. The Bertz CT molecular complexity index is 595. The van der Waals surface area contributed by atoms with Crippen LogP contribution in [0.5, 0.6) is 11.5 Å². The lowest BCUT2D eigenvalue weighted by Gasteiger charge is -2.05. The van der Waals surface area contributed by atoms with Crippen LogP contribution in [0, 0.1) is 12.3 Å². The molecular formula is C13H15N3O2S. The Kier molecular flexibility index (Phi) is 4.01. The van der Waals surface area contributed by atoms with Crippen LogP contribution in [0.3, 0.4) is 0 Å². The van der Waals surface area contributed by atoms with Crippen LogP contribution in [0.4, 0.5) is 0 Å². The molecule has 0 radical (unpaired) electrons. The van der Waals surface area contributed by atoms with Gasteiger partial charge in [-0.1, -0.05) is 6.07 Å². The maximum Gasteiger partial charge on any atom is 0.140 e. The third-order valence-corrected chi connectivity index (χ3v) is 3.65. The molecule has 0 atom stereocenters. The Morgan fingerprint density at radius 3 is 2.79 bits per heavy atom. The summed E-state index contributed by atoms with van der Waals surface area (Å²) < 4.78 is 10.8. The van der Waals surface area contributed by atoms with Crippen LogP contribution in [0.15, 0.2) is 24.3 Å². The third-order valence-electron chi connectivity index (χ3n) is 2.49. The minimum absolute atomic E-state index is 0.0441. The van der Waals surface area contributed by atoms with Gasteiger partial charge in [0.05, 0.1) is 17.7 Å². The van der Waals surface area contributed by atoms with E-state index in [2.05, 4.69) is 4.98 Å². The number of benzene rings is 1. The molecule has 0 spiro atoms. The largest absolute Gasteiger partial charge is 0.497 e. The van der Waals surface area contributed by atoms with E-state index in [1.807, 2.05) is 31.2 Å². The Morgan fingerprint density at radius 1 is 1.42 bits per heavy atom. The van der Waals surface area contributed by atoms with Crippen LogP contribution in [-0.4, -0.2) is 17.9 Å². The van der Waals surface area contributed by atoms with Crippen molar-refractivity contribution in [1.82, 2.24) is 4.98 Å². The maximum absolute atomic E-state index is 7.43. The zero-order valence-corrected chi connectivity index (χ0v) is 11.6. The first-order valence-electron chi connectivity index (χ1n) is 5.67. The molecule has 0 aliphatic heterocycles. The molecule has 0 fully saturated rings. The molecule has 0 bridgehead atoms. The number of hydrogen-bond donors (Lipinski definition) is 2. The number of nitrogen functional groups attached to an aromatic ring is 1. The van der Waals surface area contributed by atoms with Crippen molar-refractivity contribution in [1.29, 1.82) is 5.41 Å². The predicted octanol–water partition coefficient (Wildman–Crippen LogP) is 2.32. The first-order chi connectivity index (χ1) is 9.10. The highest BCUT2D eigenvalue weighted by Crippen LogP contribution is 2.22. The summed E-state index contributed by atoms with van der Waals surface area (Å²) >= 11 is 1.38. The topological polar surface area (TPSA) is 81.2 Å². The van der Waals surface area contributed by atoms with Crippen LogP contribution in [-0.2, 0) is 6.61 Å². The molecule has 19 heavy (non-hydrogen) atoms. The highest BCUT2D eigenvalue weighted by atomic mass is 32.1. The fourth-order valence-corrected chi connectivity index (χ4v) is 2.44. The van der Waals surface area contributed by atoms with E-state index in [9.17, 15) is 0 Å². The van der Waals surface area contributed by atoms with Gasteiger partial charge in [0.2, 0.25) is 0 Å². The van der Waals surface area contributed by atoms with E-state index in [4.69, 9.17) is 20.6 Å². The second-order valence-corrected chi connectivity index (χ2v) is 4.99. The lowest BCUT2D eigenvalue weighted by Crippen LogP contribution is -2.10. The zero-order chi connectivity index (χ0) is 13.8. The standard InChI is InChI=1S/C13H15N3O2S/c1-8-12(13(14)15)19-11(16-8)7-18-10-5-3-4-9(6-10)17-2/h3-6H,7H2,1-2H3,(H3,14,15). The van der Waals surface area contributed by atoms with E-state index in [1.165, 1.54) is 11.3 Å². The van der Waals surface area contributed by atoms with Gasteiger partial charge in [-0.15, -0.1) is 11.3 Å². The fraction of sp³-hybridized carbons (Fsp3) is 0.231. The van der Waals surface area contributed by atoms with E-state index < -0.39 is 0 Å². The van der Waals surface area contributed by atoms with Crippen LogP contribution in [0.2, 0.25) is 0 Å². The molecule has 2 aromatic rings. The van der Waals surface area contributed by atoms with E-state index in [1.54, 1.807) is 7.11 Å². The van der Waals surface area contributed by atoms with E-state index >= 15 is 0 Å². The van der Waals surface area contributed by atoms with E-state index in [0.717, 1.165) is 22.2 Å². The normalized spacial score (nSPS) is 10.2. The minimum atomic E-state index is 0.0441. The summed E-state index contributed by atoms with van der Waals surface area (Å²) in [7, 11) is 1.61. The first kappa shape index (κ1) is 13.4. The highest BCUT2D eigenvalue weighted by molar-refractivity contribution is 7.13. The summed E-state index contributed by atoms with van der Waals surface area (Å²) in [6.07, 6.45) is 0. The number of rotatable bonds is 5. The van der Waals surface area contributed by atoms with Crippen LogP contribution < -0.4 is 15.2 Å². The van der Waals surface area contributed by atoms with Crippen molar-refractivity contribution in [2.45, 2.75) is 13.5 Å². The van der Waals surface area contributed by atoms with Crippen LogP contribution in [0.1, 0.15) is 15.6 Å². The average molecular weight is 277 g/mol. The van der Waals surface area contributed by atoms with Gasteiger partial charge in [-0.25, -0.2) is 4.98 Å². The molecule has 6 heteroatoms. The van der Waals surface area contributed by atoms with Gasteiger partial charge in [0.25, 0.3) is 0 Å². The molecule has 0 amide bonds. The number of amidine groups is 1. The molecule has 100 valence electrons. The van der Waals surface area contributed by atoms with Gasteiger partial charge in [0.15, 0.2) is 0 Å². The zero-order valence-electron chi connectivity index (χ0n) is 10.8. The molecule has 0 aliphatic rings. The molecule has 0 saturated heterocycles. The molecule has 2 rings (SSSR count). The van der Waals surface area contributed by atoms with Gasteiger partial charge in [-0.3, -0.25) is 5.41 Å². The summed E-state index contributed by atoms with van der Waals surface area (Å²) in [5.74, 6) is 1.51. The van der Waals surface area contributed by atoms with Crippen LogP contribution >= 0.6 is 11.3 Å². The monoisotopic (exact) mass is 277 g/mol. The third kappa shape index (κ3) is 3.23. The lowest BCUT2D eigenvalue weighted by molar-refractivity contribution is 0.303.